The van der Waals surface area contributed by atoms with Crippen LogP contribution in [-0.4, -0.2) is 165 Å². The van der Waals surface area contributed by atoms with Gasteiger partial charge in [-0.3, -0.25) is 9.59 Å². The number of halogens is 1. The first-order valence-electron chi connectivity index (χ1n) is 28.7. The van der Waals surface area contributed by atoms with E-state index in [4.69, 9.17) is 31.4 Å². The number of carboxylic acid groups (broad SMARTS) is 1. The van der Waals surface area contributed by atoms with Gasteiger partial charge in [-0.1, -0.05) is 57.2 Å². The maximum Gasteiger partial charge on any atom is 0.335 e. The van der Waals surface area contributed by atoms with Gasteiger partial charge in [0.1, 0.15) is 19.7 Å². The highest BCUT2D eigenvalue weighted by Crippen LogP contribution is 2.28. The molecule has 4 saturated heterocycles. The van der Waals surface area contributed by atoms with Crippen LogP contribution in [0.5, 0.6) is 0 Å². The standard InChI is InChI=1S/C30H33N5O5S.C19H24N4O4S.C11H13NO3.CH3I/c1-41(37,38)27-11-13-33(14-12-27)26-4-2-3-22(19-26)20-35-21-24(7-10-28(35)36)29-31-30(40-32-29)23-5-8-25(9-6-23)34-15-17-39-18-16-34;1-28(26,27)17-7-9-22(10-8-17)16-4-2-3-14(11-16)12-23-13-15(19(20)21-25)5-6-18(23)24;13-11(14)9-1-3-10(4-2-9)12-5-7-15-8-6-12;1-2/h2-10,19,21,27H,11-18,20H2,1H3;2-6,11,13,17,25H,7-10,12H2,1H3,(H2,20,21);1-4H,5-8H2,(H,13,14);1H3/i;;;1D. The van der Waals surface area contributed by atoms with Crippen LogP contribution in [-0.2, 0) is 42.2 Å². The molecule has 4 fully saturated rings. The topological polar surface area (TPSA) is 279 Å². The van der Waals surface area contributed by atoms with Crippen molar-refractivity contribution >= 4 is 76.8 Å². The van der Waals surface area contributed by atoms with Gasteiger partial charge in [-0.2, -0.15) is 4.98 Å². The molecule has 0 amide bonds. The largest absolute Gasteiger partial charge is 0.478 e. The summed E-state index contributed by atoms with van der Waals surface area (Å²) in [6.45, 7) is 9.87. The molecule has 0 aliphatic carbocycles. The van der Waals surface area contributed by atoms with Crippen LogP contribution >= 0.6 is 22.6 Å². The van der Waals surface area contributed by atoms with Crippen LogP contribution in [0.3, 0.4) is 0 Å². The minimum atomic E-state index is -3.02. The molecule has 0 radical (unpaired) electrons. The van der Waals surface area contributed by atoms with Crippen molar-refractivity contribution in [3.05, 3.63) is 177 Å². The summed E-state index contributed by atoms with van der Waals surface area (Å²) >= 11 is 1.96. The number of nitrogens with zero attached hydrogens (tertiary/aromatic N) is 9. The second-order valence-corrected chi connectivity index (χ2v) is 25.8. The normalized spacial score (nSPS) is 16.4. The first kappa shape index (κ1) is 62.9. The minimum Gasteiger partial charge on any atom is -0.478 e. The van der Waals surface area contributed by atoms with E-state index in [0.29, 0.717) is 98.3 Å². The van der Waals surface area contributed by atoms with Gasteiger partial charge in [-0.25, -0.2) is 21.6 Å². The summed E-state index contributed by atoms with van der Waals surface area (Å²) < 4.78 is 72.9. The predicted molar refractivity (Wildman–Crippen MR) is 343 cm³/mol. The predicted octanol–water partition coefficient (Wildman–Crippen LogP) is 6.74. The number of hydrogen-bond acceptors (Lipinski definition) is 18. The van der Waals surface area contributed by atoms with E-state index in [2.05, 4.69) is 41.0 Å². The Labute approximate surface area is 515 Å². The van der Waals surface area contributed by atoms with E-state index in [1.165, 1.54) is 35.3 Å². The molecule has 22 nitrogen and oxygen atoms in total. The van der Waals surface area contributed by atoms with Gasteiger partial charge < -0.3 is 58.8 Å². The number of carboxylic acids is 1. The van der Waals surface area contributed by atoms with Crippen molar-refractivity contribution in [3.63, 3.8) is 0 Å². The SMILES string of the molecule is CS(=O)(=O)C1CCN(c2cccc(Cn3cc(-c4noc(-c5ccc(N6CCOCC6)cc5)n4)ccc3=O)c2)CC1.CS(=O)(=O)C1CCN(c2cccc(Cn3cc(/C(N)=N/O)ccc3=O)c2)CC1.O=C(O)c1ccc(N2CCOCC2)cc1.[2H]CI. The van der Waals surface area contributed by atoms with Crippen LogP contribution in [0.2, 0.25) is 0 Å². The molecule has 4 aromatic carbocycles. The van der Waals surface area contributed by atoms with E-state index in [1.54, 1.807) is 35.2 Å². The lowest BCUT2D eigenvalue weighted by Gasteiger charge is -2.33. The zero-order chi connectivity index (χ0) is 62.1. The fourth-order valence-electron chi connectivity index (χ4n) is 10.6. The average molecular weight is 1330 g/mol. The lowest BCUT2D eigenvalue weighted by Crippen LogP contribution is -2.39. The molecule has 7 heterocycles. The zero-order valence-corrected chi connectivity index (χ0v) is 51.9. The number of aromatic nitrogens is 4. The van der Waals surface area contributed by atoms with E-state index >= 15 is 0 Å². The minimum absolute atomic E-state index is 0.0590. The van der Waals surface area contributed by atoms with Gasteiger partial charge in [-0.05, 0) is 127 Å². The third-order valence-electron chi connectivity index (χ3n) is 15.4. The first-order valence-corrected chi connectivity index (χ1v) is 33.5. The van der Waals surface area contributed by atoms with Crippen molar-refractivity contribution in [1.29, 1.82) is 0 Å². The molecule has 458 valence electrons. The summed E-state index contributed by atoms with van der Waals surface area (Å²) in [7, 11) is -6.02. The van der Waals surface area contributed by atoms with Gasteiger partial charge in [0.2, 0.25) is 5.82 Å². The van der Waals surface area contributed by atoms with Gasteiger partial charge in [0, 0.05) is 130 Å². The van der Waals surface area contributed by atoms with E-state index < -0.39 is 25.6 Å². The molecule has 4 N–H and O–H groups in total. The number of anilines is 4. The van der Waals surface area contributed by atoms with Crippen molar-refractivity contribution < 1.29 is 47.3 Å². The molecular weight excluding hydrogens is 1260 g/mol. The third-order valence-corrected chi connectivity index (χ3v) is 18.8. The van der Waals surface area contributed by atoms with Crippen LogP contribution in [0.15, 0.2) is 153 Å². The summed E-state index contributed by atoms with van der Waals surface area (Å²) in [5, 5.41) is 24.2. The fourth-order valence-corrected chi connectivity index (χ4v) is 12.7. The molecule has 0 saturated carbocycles. The first-order chi connectivity index (χ1) is 41.8. The van der Waals surface area contributed by atoms with Crippen molar-refractivity contribution in [1.82, 2.24) is 19.3 Å². The van der Waals surface area contributed by atoms with E-state index in [-0.39, 0.29) is 27.5 Å². The molecular formula is C61H73IN10O12S2. The highest BCUT2D eigenvalue weighted by atomic mass is 127. The molecule has 0 atom stereocenters. The maximum absolute atomic E-state index is 12.7. The Balaban J connectivity index is 0.000000183. The summed E-state index contributed by atoms with van der Waals surface area (Å²) in [5.74, 6) is -0.119. The number of alkyl halides is 1. The number of benzene rings is 4. The van der Waals surface area contributed by atoms with Crippen LogP contribution in [0.4, 0.5) is 22.7 Å². The van der Waals surface area contributed by atoms with Crippen molar-refractivity contribution in [2.24, 2.45) is 10.9 Å². The number of piperidine rings is 2. The summed E-state index contributed by atoms with van der Waals surface area (Å²) in [6.07, 6.45) is 8.40. The number of ether oxygens (including phenoxy) is 2. The van der Waals surface area contributed by atoms with Gasteiger partial charge in [-0.15, -0.1) is 0 Å². The van der Waals surface area contributed by atoms with Gasteiger partial charge >= 0.3 is 5.97 Å². The van der Waals surface area contributed by atoms with Crippen LogP contribution < -0.4 is 36.5 Å². The monoisotopic (exact) mass is 1330 g/mol. The smallest absolute Gasteiger partial charge is 0.335 e. The average Bonchev–Trinajstić information content (AvgIpc) is 3.15. The van der Waals surface area contributed by atoms with Crippen LogP contribution in [0.1, 0.15) is 54.1 Å². The molecule has 25 heteroatoms. The molecule has 0 unspecified atom stereocenters. The number of amidine groups is 1. The molecule has 0 bridgehead atoms. The lowest BCUT2D eigenvalue weighted by atomic mass is 10.1. The molecule has 0 spiro atoms. The molecule has 3 aromatic heterocycles. The molecule has 11 rings (SSSR count). The Morgan fingerprint density at radius 3 is 1.49 bits per heavy atom. The van der Waals surface area contributed by atoms with Crippen molar-refractivity contribution in [3.8, 4) is 22.8 Å². The summed E-state index contributed by atoms with van der Waals surface area (Å²) in [5.41, 5.74) is 13.7. The Bertz CT molecular complexity index is 3790. The van der Waals surface area contributed by atoms with E-state index in [0.717, 1.165) is 92.0 Å². The number of sulfone groups is 2. The van der Waals surface area contributed by atoms with E-state index in [9.17, 15) is 31.2 Å². The number of pyridine rings is 2. The number of nitrogens with two attached hydrogens (primary N) is 1. The number of hydrogen-bond donors (Lipinski definition) is 3. The number of rotatable bonds is 14. The Kier molecular flexibility index (Phi) is 22.1. The van der Waals surface area contributed by atoms with Crippen LogP contribution in [0, 0.1) is 0 Å². The molecule has 7 aromatic rings. The fraction of sp³-hybridized carbons (Fsp3) is 0.377. The lowest BCUT2D eigenvalue weighted by molar-refractivity contribution is 0.0696. The number of oxime groups is 1. The quantitative estimate of drug-likeness (QED) is 0.0254. The third kappa shape index (κ3) is 17.5. The number of carbonyl (C=O) groups is 1. The zero-order valence-electron chi connectivity index (χ0n) is 49.1. The van der Waals surface area contributed by atoms with Gasteiger partial charge in [0.15, 0.2) is 5.84 Å². The van der Waals surface area contributed by atoms with Crippen molar-refractivity contribution in [2.45, 2.75) is 49.3 Å². The van der Waals surface area contributed by atoms with Gasteiger partial charge in [0.25, 0.3) is 17.0 Å². The highest BCUT2D eigenvalue weighted by Gasteiger charge is 2.28. The highest BCUT2D eigenvalue weighted by molar-refractivity contribution is 14.1. The Morgan fingerprint density at radius 2 is 1.03 bits per heavy atom. The number of aromatic carboxylic acids is 1. The Morgan fingerprint density at radius 1 is 0.616 bits per heavy atom. The Hall–Kier alpha value is -7.59. The second-order valence-electron chi connectivity index (χ2n) is 21.1. The maximum atomic E-state index is 12.7. The molecule has 4 aliphatic heterocycles. The van der Waals surface area contributed by atoms with E-state index in [1.807, 2.05) is 101 Å². The molecule has 4 aliphatic rings. The van der Waals surface area contributed by atoms with Gasteiger partial charge in [0.05, 0.1) is 55.6 Å². The van der Waals surface area contributed by atoms with Crippen LogP contribution in [0.25, 0.3) is 22.8 Å². The number of morpholine rings is 2. The molecule has 86 heavy (non-hydrogen) atoms. The second kappa shape index (κ2) is 30.2. The summed E-state index contributed by atoms with van der Waals surface area (Å²) in [6, 6.07) is 37.0. The summed E-state index contributed by atoms with van der Waals surface area (Å²) in [4.78, 5) is 49.5. The van der Waals surface area contributed by atoms with Crippen molar-refractivity contribution in [2.75, 3.05) is 116 Å².